The van der Waals surface area contributed by atoms with Gasteiger partial charge in [-0.2, -0.15) is 0 Å². The SMILES string of the molecule is CC(C)(C)N(C(=O)O)C1CCS(=O)(=O)CC1. The van der Waals surface area contributed by atoms with Gasteiger partial charge in [0.1, 0.15) is 9.84 Å². The van der Waals surface area contributed by atoms with Gasteiger partial charge >= 0.3 is 6.09 Å². The Morgan fingerprint density at radius 2 is 1.69 bits per heavy atom. The first-order valence-electron chi connectivity index (χ1n) is 5.36. The minimum atomic E-state index is -2.94. The molecule has 1 aliphatic rings. The first-order chi connectivity index (χ1) is 7.13. The summed E-state index contributed by atoms with van der Waals surface area (Å²) >= 11 is 0. The predicted octanol–water partition coefficient (Wildman–Crippen LogP) is 1.34. The zero-order valence-electron chi connectivity index (χ0n) is 9.93. The van der Waals surface area contributed by atoms with Crippen LogP contribution in [0.1, 0.15) is 33.6 Å². The van der Waals surface area contributed by atoms with E-state index in [-0.39, 0.29) is 17.5 Å². The second kappa shape index (κ2) is 4.24. The molecule has 1 amide bonds. The summed E-state index contributed by atoms with van der Waals surface area (Å²) in [6, 6.07) is -0.180. The molecule has 5 nitrogen and oxygen atoms in total. The van der Waals surface area contributed by atoms with Crippen LogP contribution in [0.3, 0.4) is 0 Å². The van der Waals surface area contributed by atoms with Crippen molar-refractivity contribution in [3.8, 4) is 0 Å². The van der Waals surface area contributed by atoms with Gasteiger partial charge in [0.25, 0.3) is 0 Å². The lowest BCUT2D eigenvalue weighted by Gasteiger charge is -2.41. The molecular weight excluding hydrogens is 230 g/mol. The number of sulfone groups is 1. The van der Waals surface area contributed by atoms with Crippen LogP contribution in [-0.4, -0.2) is 47.6 Å². The lowest BCUT2D eigenvalue weighted by molar-refractivity contribution is 0.0665. The van der Waals surface area contributed by atoms with Crippen LogP contribution in [0.15, 0.2) is 0 Å². The zero-order chi connectivity index (χ0) is 12.6. The maximum atomic E-state index is 11.3. The molecule has 1 saturated heterocycles. The second-order valence-electron chi connectivity index (χ2n) is 5.21. The van der Waals surface area contributed by atoms with E-state index in [0.29, 0.717) is 12.8 Å². The van der Waals surface area contributed by atoms with Gasteiger partial charge in [-0.05, 0) is 33.6 Å². The zero-order valence-corrected chi connectivity index (χ0v) is 10.7. The summed E-state index contributed by atoms with van der Waals surface area (Å²) in [4.78, 5) is 12.6. The molecule has 16 heavy (non-hydrogen) atoms. The first kappa shape index (κ1) is 13.3. The van der Waals surface area contributed by atoms with Crippen LogP contribution in [0, 0.1) is 0 Å². The molecule has 1 fully saturated rings. The van der Waals surface area contributed by atoms with Gasteiger partial charge in [0.2, 0.25) is 0 Å². The van der Waals surface area contributed by atoms with Gasteiger partial charge in [-0.25, -0.2) is 13.2 Å². The van der Waals surface area contributed by atoms with Crippen LogP contribution in [-0.2, 0) is 9.84 Å². The Balaban J connectivity index is 2.80. The molecule has 0 aliphatic carbocycles. The quantitative estimate of drug-likeness (QED) is 0.761. The third-order valence-electron chi connectivity index (χ3n) is 2.82. The summed E-state index contributed by atoms with van der Waals surface area (Å²) in [5, 5.41) is 9.17. The molecule has 1 aliphatic heterocycles. The normalized spacial score (nSPS) is 21.7. The van der Waals surface area contributed by atoms with Crippen molar-refractivity contribution >= 4 is 15.9 Å². The maximum absolute atomic E-state index is 11.3. The molecule has 0 unspecified atom stereocenters. The van der Waals surface area contributed by atoms with Crippen molar-refractivity contribution in [2.24, 2.45) is 0 Å². The summed E-state index contributed by atoms with van der Waals surface area (Å²) < 4.78 is 22.5. The smallest absolute Gasteiger partial charge is 0.407 e. The molecule has 0 bridgehead atoms. The highest BCUT2D eigenvalue weighted by Gasteiger charge is 2.36. The highest BCUT2D eigenvalue weighted by molar-refractivity contribution is 7.91. The molecule has 0 aromatic heterocycles. The Labute approximate surface area is 96.4 Å². The molecule has 0 aromatic rings. The number of carboxylic acid groups (broad SMARTS) is 1. The van der Waals surface area contributed by atoms with Crippen LogP contribution < -0.4 is 0 Å². The van der Waals surface area contributed by atoms with Crippen molar-refractivity contribution in [3.05, 3.63) is 0 Å². The number of hydrogen-bond acceptors (Lipinski definition) is 3. The summed E-state index contributed by atoms with van der Waals surface area (Å²) in [5.41, 5.74) is -0.488. The van der Waals surface area contributed by atoms with Crippen LogP contribution >= 0.6 is 0 Å². The molecule has 0 spiro atoms. The Kier molecular flexibility index (Phi) is 3.52. The fraction of sp³-hybridized carbons (Fsp3) is 0.900. The molecular formula is C10H19NO4S. The van der Waals surface area contributed by atoms with Crippen molar-refractivity contribution in [3.63, 3.8) is 0 Å². The van der Waals surface area contributed by atoms with E-state index >= 15 is 0 Å². The molecule has 1 rings (SSSR count). The maximum Gasteiger partial charge on any atom is 0.407 e. The Hall–Kier alpha value is -0.780. The average molecular weight is 249 g/mol. The molecule has 0 radical (unpaired) electrons. The fourth-order valence-corrected chi connectivity index (χ4v) is 3.59. The number of nitrogens with zero attached hydrogens (tertiary/aromatic N) is 1. The standard InChI is InChI=1S/C10H19NO4S/c1-10(2,3)11(9(12)13)8-4-6-16(14,15)7-5-8/h8H,4-7H2,1-3H3,(H,12,13). The lowest BCUT2D eigenvalue weighted by Crippen LogP contribution is -2.53. The van der Waals surface area contributed by atoms with Gasteiger partial charge in [-0.1, -0.05) is 0 Å². The Morgan fingerprint density at radius 1 is 1.25 bits per heavy atom. The topological polar surface area (TPSA) is 74.7 Å². The molecule has 1 N–H and O–H groups in total. The van der Waals surface area contributed by atoms with Gasteiger partial charge in [0.15, 0.2) is 0 Å². The Morgan fingerprint density at radius 3 is 2.00 bits per heavy atom. The van der Waals surface area contributed by atoms with E-state index in [1.165, 1.54) is 4.90 Å². The molecule has 6 heteroatoms. The number of carbonyl (C=O) groups is 1. The molecule has 1 heterocycles. The summed E-state index contributed by atoms with van der Waals surface area (Å²) in [5.74, 6) is 0.190. The van der Waals surface area contributed by atoms with Gasteiger partial charge in [0.05, 0.1) is 11.5 Å². The average Bonchev–Trinajstić information content (AvgIpc) is 2.05. The van der Waals surface area contributed by atoms with Crippen molar-refractivity contribution in [2.45, 2.75) is 45.2 Å². The largest absolute Gasteiger partial charge is 0.465 e. The van der Waals surface area contributed by atoms with E-state index in [4.69, 9.17) is 5.11 Å². The molecule has 0 atom stereocenters. The second-order valence-corrected chi connectivity index (χ2v) is 7.51. The van der Waals surface area contributed by atoms with Crippen molar-refractivity contribution < 1.29 is 18.3 Å². The van der Waals surface area contributed by atoms with Crippen molar-refractivity contribution in [1.29, 1.82) is 0 Å². The van der Waals surface area contributed by atoms with Gasteiger partial charge < -0.3 is 10.0 Å². The number of amides is 1. The molecule has 0 aromatic carbocycles. The monoisotopic (exact) mass is 249 g/mol. The van der Waals surface area contributed by atoms with Crippen LogP contribution in [0.2, 0.25) is 0 Å². The minimum Gasteiger partial charge on any atom is -0.465 e. The third-order valence-corrected chi connectivity index (χ3v) is 4.53. The van der Waals surface area contributed by atoms with E-state index in [9.17, 15) is 13.2 Å². The summed E-state index contributed by atoms with van der Waals surface area (Å²) in [6.45, 7) is 5.47. The third kappa shape index (κ3) is 3.10. The van der Waals surface area contributed by atoms with Crippen molar-refractivity contribution in [2.75, 3.05) is 11.5 Å². The summed E-state index contributed by atoms with van der Waals surface area (Å²) in [6.07, 6.45) is -0.158. The highest BCUT2D eigenvalue weighted by Crippen LogP contribution is 2.25. The van der Waals surface area contributed by atoms with E-state index < -0.39 is 21.5 Å². The van der Waals surface area contributed by atoms with Crippen LogP contribution in [0.5, 0.6) is 0 Å². The highest BCUT2D eigenvalue weighted by atomic mass is 32.2. The first-order valence-corrected chi connectivity index (χ1v) is 7.18. The number of rotatable bonds is 1. The van der Waals surface area contributed by atoms with E-state index in [1.54, 1.807) is 0 Å². The number of hydrogen-bond donors (Lipinski definition) is 1. The molecule has 0 saturated carbocycles. The Bertz CT molecular complexity index is 355. The van der Waals surface area contributed by atoms with Crippen LogP contribution in [0.25, 0.3) is 0 Å². The minimum absolute atomic E-state index is 0.0948. The van der Waals surface area contributed by atoms with E-state index in [1.807, 2.05) is 20.8 Å². The van der Waals surface area contributed by atoms with Crippen molar-refractivity contribution in [1.82, 2.24) is 4.90 Å². The van der Waals surface area contributed by atoms with E-state index in [2.05, 4.69) is 0 Å². The molecule has 94 valence electrons. The predicted molar refractivity (Wildman–Crippen MR) is 61.3 cm³/mol. The lowest BCUT2D eigenvalue weighted by atomic mass is 10.0. The van der Waals surface area contributed by atoms with Gasteiger partial charge in [0, 0.05) is 11.6 Å². The van der Waals surface area contributed by atoms with Crippen LogP contribution in [0.4, 0.5) is 4.79 Å². The van der Waals surface area contributed by atoms with Gasteiger partial charge in [-0.15, -0.1) is 0 Å². The fourth-order valence-electron chi connectivity index (χ4n) is 2.13. The summed E-state index contributed by atoms with van der Waals surface area (Å²) in [7, 11) is -2.94. The van der Waals surface area contributed by atoms with Gasteiger partial charge in [-0.3, -0.25) is 0 Å². The van der Waals surface area contributed by atoms with E-state index in [0.717, 1.165) is 0 Å².